The minimum atomic E-state index is -0.954. The Hall–Kier alpha value is -1.08. The van der Waals surface area contributed by atoms with Crippen LogP contribution in [-0.4, -0.2) is 19.5 Å². The third-order valence-corrected chi connectivity index (χ3v) is 2.43. The van der Waals surface area contributed by atoms with Crippen LogP contribution in [0, 0.1) is 11.6 Å². The van der Waals surface area contributed by atoms with Crippen molar-refractivity contribution in [2.24, 2.45) is 5.84 Å². The van der Waals surface area contributed by atoms with Gasteiger partial charge in [0.15, 0.2) is 17.9 Å². The summed E-state index contributed by atoms with van der Waals surface area (Å²) in [6.07, 6.45) is -0.777. The SMILES string of the molecule is CCOC(OCC)C(NN)c1cccc(F)c1F. The van der Waals surface area contributed by atoms with Crippen molar-refractivity contribution < 1.29 is 18.3 Å². The van der Waals surface area contributed by atoms with Crippen LogP contribution in [0.15, 0.2) is 18.2 Å². The normalized spacial score (nSPS) is 13.0. The Morgan fingerprint density at radius 3 is 2.33 bits per heavy atom. The first-order chi connectivity index (χ1) is 8.65. The van der Waals surface area contributed by atoms with E-state index in [4.69, 9.17) is 15.3 Å². The summed E-state index contributed by atoms with van der Waals surface area (Å²) >= 11 is 0. The first-order valence-corrected chi connectivity index (χ1v) is 5.78. The second-order valence-corrected chi connectivity index (χ2v) is 3.57. The minimum absolute atomic E-state index is 0.0735. The van der Waals surface area contributed by atoms with E-state index in [-0.39, 0.29) is 5.56 Å². The first kappa shape index (κ1) is 15.0. The van der Waals surface area contributed by atoms with Crippen LogP contribution in [0.2, 0.25) is 0 Å². The number of hydrogen-bond acceptors (Lipinski definition) is 4. The fourth-order valence-corrected chi connectivity index (χ4v) is 1.64. The molecule has 0 aliphatic rings. The molecule has 0 fully saturated rings. The Kier molecular flexibility index (Phi) is 6.14. The number of nitrogens with two attached hydrogens (primary N) is 1. The van der Waals surface area contributed by atoms with Gasteiger partial charge < -0.3 is 9.47 Å². The molecule has 102 valence electrons. The highest BCUT2D eigenvalue weighted by Crippen LogP contribution is 2.24. The number of halogens is 2. The van der Waals surface area contributed by atoms with Gasteiger partial charge in [-0.15, -0.1) is 0 Å². The van der Waals surface area contributed by atoms with E-state index in [0.717, 1.165) is 6.07 Å². The smallest absolute Gasteiger partial charge is 0.178 e. The molecular weight excluding hydrogens is 242 g/mol. The summed E-state index contributed by atoms with van der Waals surface area (Å²) in [5, 5.41) is 0. The van der Waals surface area contributed by atoms with Crippen LogP contribution in [0.5, 0.6) is 0 Å². The van der Waals surface area contributed by atoms with Crippen molar-refractivity contribution in [3.63, 3.8) is 0 Å². The van der Waals surface area contributed by atoms with Crippen LogP contribution in [0.1, 0.15) is 25.5 Å². The molecule has 18 heavy (non-hydrogen) atoms. The first-order valence-electron chi connectivity index (χ1n) is 5.78. The van der Waals surface area contributed by atoms with Gasteiger partial charge in [-0.3, -0.25) is 5.84 Å². The van der Waals surface area contributed by atoms with Gasteiger partial charge in [0.25, 0.3) is 0 Å². The predicted molar refractivity (Wildman–Crippen MR) is 63.5 cm³/mol. The Morgan fingerprint density at radius 1 is 1.22 bits per heavy atom. The lowest BCUT2D eigenvalue weighted by Gasteiger charge is -2.26. The van der Waals surface area contributed by atoms with Gasteiger partial charge >= 0.3 is 0 Å². The summed E-state index contributed by atoms with van der Waals surface area (Å²) in [6.45, 7) is 4.31. The molecular formula is C12H18F2N2O2. The molecule has 1 atom stereocenters. The van der Waals surface area contributed by atoms with Gasteiger partial charge in [-0.1, -0.05) is 12.1 Å². The molecule has 0 saturated heterocycles. The molecule has 4 nitrogen and oxygen atoms in total. The van der Waals surface area contributed by atoms with E-state index in [1.807, 2.05) is 0 Å². The largest absolute Gasteiger partial charge is 0.351 e. The maximum absolute atomic E-state index is 13.7. The zero-order valence-corrected chi connectivity index (χ0v) is 10.5. The van der Waals surface area contributed by atoms with Crippen molar-refractivity contribution in [2.45, 2.75) is 26.2 Å². The van der Waals surface area contributed by atoms with Crippen LogP contribution in [-0.2, 0) is 9.47 Å². The van der Waals surface area contributed by atoms with Crippen molar-refractivity contribution in [1.82, 2.24) is 5.43 Å². The average Bonchev–Trinajstić information content (AvgIpc) is 2.36. The number of nitrogens with one attached hydrogen (secondary N) is 1. The summed E-state index contributed by atoms with van der Waals surface area (Å²) in [5.74, 6) is 3.50. The fourth-order valence-electron chi connectivity index (χ4n) is 1.64. The van der Waals surface area contributed by atoms with E-state index >= 15 is 0 Å². The maximum Gasteiger partial charge on any atom is 0.178 e. The highest BCUT2D eigenvalue weighted by Gasteiger charge is 2.26. The van der Waals surface area contributed by atoms with E-state index in [0.29, 0.717) is 13.2 Å². The summed E-state index contributed by atoms with van der Waals surface area (Å²) in [7, 11) is 0. The Morgan fingerprint density at radius 2 is 1.83 bits per heavy atom. The Bertz CT molecular complexity index is 371. The lowest BCUT2D eigenvalue weighted by atomic mass is 10.1. The molecule has 0 heterocycles. The van der Waals surface area contributed by atoms with E-state index in [1.165, 1.54) is 12.1 Å². The molecule has 1 unspecified atom stereocenters. The van der Waals surface area contributed by atoms with Crippen molar-refractivity contribution >= 4 is 0 Å². The summed E-state index contributed by atoms with van der Waals surface area (Å²) < 4.78 is 37.5. The van der Waals surface area contributed by atoms with Gasteiger partial charge in [-0.25, -0.2) is 14.2 Å². The molecule has 1 aromatic rings. The third-order valence-electron chi connectivity index (χ3n) is 2.43. The number of hydrazine groups is 1. The van der Waals surface area contributed by atoms with Crippen molar-refractivity contribution in [1.29, 1.82) is 0 Å². The molecule has 0 aromatic heterocycles. The molecule has 1 aromatic carbocycles. The Labute approximate surface area is 105 Å². The predicted octanol–water partition coefficient (Wildman–Crippen LogP) is 1.87. The van der Waals surface area contributed by atoms with Gasteiger partial charge in [0, 0.05) is 18.8 Å². The third kappa shape index (κ3) is 3.46. The van der Waals surface area contributed by atoms with Crippen LogP contribution >= 0.6 is 0 Å². The molecule has 3 N–H and O–H groups in total. The van der Waals surface area contributed by atoms with E-state index < -0.39 is 24.0 Å². The molecule has 0 saturated carbocycles. The number of hydrogen-bond donors (Lipinski definition) is 2. The Balaban J connectivity index is 3.02. The van der Waals surface area contributed by atoms with Crippen LogP contribution in [0.3, 0.4) is 0 Å². The van der Waals surface area contributed by atoms with Gasteiger partial charge in [-0.2, -0.15) is 0 Å². The van der Waals surface area contributed by atoms with Crippen molar-refractivity contribution in [3.8, 4) is 0 Å². The number of ether oxygens (including phenoxy) is 2. The number of benzene rings is 1. The van der Waals surface area contributed by atoms with Gasteiger partial charge in [-0.05, 0) is 19.9 Å². The second-order valence-electron chi connectivity index (χ2n) is 3.57. The molecule has 0 radical (unpaired) electrons. The molecule has 0 aliphatic carbocycles. The van der Waals surface area contributed by atoms with Gasteiger partial charge in [0.1, 0.15) is 0 Å². The van der Waals surface area contributed by atoms with Crippen LogP contribution < -0.4 is 11.3 Å². The topological polar surface area (TPSA) is 56.5 Å². The fraction of sp³-hybridized carbons (Fsp3) is 0.500. The molecule has 1 rings (SSSR count). The molecule has 0 amide bonds. The average molecular weight is 260 g/mol. The van der Waals surface area contributed by atoms with Crippen LogP contribution in [0.4, 0.5) is 8.78 Å². The maximum atomic E-state index is 13.7. The lowest BCUT2D eigenvalue weighted by Crippen LogP contribution is -2.40. The van der Waals surface area contributed by atoms with E-state index in [9.17, 15) is 8.78 Å². The minimum Gasteiger partial charge on any atom is -0.351 e. The summed E-state index contributed by atoms with van der Waals surface area (Å²) in [6, 6.07) is 3.12. The van der Waals surface area contributed by atoms with E-state index in [1.54, 1.807) is 13.8 Å². The monoisotopic (exact) mass is 260 g/mol. The van der Waals surface area contributed by atoms with Gasteiger partial charge in [0.2, 0.25) is 0 Å². The molecule has 0 aliphatic heterocycles. The summed E-state index contributed by atoms with van der Waals surface area (Å²) in [4.78, 5) is 0. The quantitative estimate of drug-likeness (QED) is 0.446. The zero-order chi connectivity index (χ0) is 13.5. The molecule has 0 spiro atoms. The standard InChI is InChI=1S/C12H18F2N2O2/c1-3-17-12(18-4-2)11(16-15)8-6-5-7-9(13)10(8)14/h5-7,11-12,16H,3-4,15H2,1-2H3. The summed E-state index contributed by atoms with van der Waals surface area (Å²) in [5.41, 5.74) is 2.47. The number of rotatable bonds is 7. The molecule has 0 bridgehead atoms. The zero-order valence-electron chi connectivity index (χ0n) is 10.5. The molecule has 6 heteroatoms. The second kappa shape index (κ2) is 7.38. The highest BCUT2D eigenvalue weighted by atomic mass is 19.2. The van der Waals surface area contributed by atoms with Crippen molar-refractivity contribution in [3.05, 3.63) is 35.4 Å². The lowest BCUT2D eigenvalue weighted by molar-refractivity contribution is -0.155. The van der Waals surface area contributed by atoms with Crippen molar-refractivity contribution in [2.75, 3.05) is 13.2 Å². The highest BCUT2D eigenvalue weighted by molar-refractivity contribution is 5.23. The van der Waals surface area contributed by atoms with Gasteiger partial charge in [0.05, 0.1) is 6.04 Å². The van der Waals surface area contributed by atoms with Crippen LogP contribution in [0.25, 0.3) is 0 Å². The van der Waals surface area contributed by atoms with E-state index in [2.05, 4.69) is 5.43 Å².